The van der Waals surface area contributed by atoms with E-state index in [1.165, 1.54) is 12.4 Å². The van der Waals surface area contributed by atoms with Crippen molar-refractivity contribution in [2.24, 2.45) is 0 Å². The lowest BCUT2D eigenvalue weighted by atomic mass is 10.2. The van der Waals surface area contributed by atoms with Gasteiger partial charge < -0.3 is 20.1 Å². The molecule has 1 saturated heterocycles. The highest BCUT2D eigenvalue weighted by atomic mass is 16.5. The van der Waals surface area contributed by atoms with Gasteiger partial charge in [0.2, 0.25) is 0 Å². The number of carbonyl (C=O) groups excluding carboxylic acids is 1. The van der Waals surface area contributed by atoms with Crippen LogP contribution in [0.25, 0.3) is 0 Å². The fourth-order valence-electron chi connectivity index (χ4n) is 2.46. The molecule has 1 atom stereocenters. The van der Waals surface area contributed by atoms with Crippen molar-refractivity contribution in [3.05, 3.63) is 42.4 Å². The number of aromatic nitrogens is 2. The smallest absolute Gasteiger partial charge is 0.271 e. The van der Waals surface area contributed by atoms with Crippen LogP contribution in [0.1, 0.15) is 23.3 Å². The van der Waals surface area contributed by atoms with E-state index in [0.717, 1.165) is 30.9 Å². The van der Waals surface area contributed by atoms with Gasteiger partial charge in [0.05, 0.1) is 25.6 Å². The highest BCUT2D eigenvalue weighted by Gasteiger charge is 2.17. The maximum atomic E-state index is 12.0. The van der Waals surface area contributed by atoms with Gasteiger partial charge in [0, 0.05) is 24.9 Å². The summed E-state index contributed by atoms with van der Waals surface area (Å²) in [4.78, 5) is 20.4. The van der Waals surface area contributed by atoms with E-state index in [-0.39, 0.29) is 17.7 Å². The van der Waals surface area contributed by atoms with Gasteiger partial charge in [-0.1, -0.05) is 6.07 Å². The molecular formula is C17H20N4O3. The van der Waals surface area contributed by atoms with Crippen LogP contribution in [-0.2, 0) is 4.74 Å². The van der Waals surface area contributed by atoms with Crippen molar-refractivity contribution in [3.63, 3.8) is 0 Å². The Labute approximate surface area is 140 Å². The standard InChI is InChI=1S/C17H20N4O3/c1-23-13-5-2-4-12(8-13)21-16-11-18-15(10-19-16)17(22)20-9-14-6-3-7-24-14/h2,4-5,8,10-11,14H,3,6-7,9H2,1H3,(H,19,21)(H,20,22). The van der Waals surface area contributed by atoms with E-state index >= 15 is 0 Å². The molecule has 2 aromatic rings. The number of hydrogen-bond donors (Lipinski definition) is 2. The van der Waals surface area contributed by atoms with Crippen LogP contribution in [0, 0.1) is 0 Å². The normalized spacial score (nSPS) is 16.6. The minimum Gasteiger partial charge on any atom is -0.497 e. The second kappa shape index (κ2) is 7.74. The van der Waals surface area contributed by atoms with Gasteiger partial charge in [-0.2, -0.15) is 0 Å². The summed E-state index contributed by atoms with van der Waals surface area (Å²) in [6.45, 7) is 1.27. The number of rotatable bonds is 6. The Bertz CT molecular complexity index is 684. The third-order valence-electron chi connectivity index (χ3n) is 3.74. The molecule has 0 saturated carbocycles. The number of methoxy groups -OCH3 is 1. The number of carbonyl (C=O) groups is 1. The second-order valence-corrected chi connectivity index (χ2v) is 5.49. The summed E-state index contributed by atoms with van der Waals surface area (Å²) in [6, 6.07) is 7.48. The molecule has 0 bridgehead atoms. The first-order valence-corrected chi connectivity index (χ1v) is 7.87. The topological polar surface area (TPSA) is 85.4 Å². The Hall–Kier alpha value is -2.67. The molecule has 0 aliphatic carbocycles. The molecule has 2 heterocycles. The largest absolute Gasteiger partial charge is 0.497 e. The number of ether oxygens (including phenoxy) is 2. The first-order chi connectivity index (χ1) is 11.7. The van der Waals surface area contributed by atoms with Crippen LogP contribution in [-0.4, -0.2) is 42.2 Å². The fraction of sp³-hybridized carbons (Fsp3) is 0.353. The summed E-state index contributed by atoms with van der Waals surface area (Å²) in [5.41, 5.74) is 1.11. The number of nitrogens with one attached hydrogen (secondary N) is 2. The monoisotopic (exact) mass is 328 g/mol. The molecule has 1 aliphatic heterocycles. The molecular weight excluding hydrogens is 308 g/mol. The van der Waals surface area contributed by atoms with Crippen LogP contribution >= 0.6 is 0 Å². The molecule has 0 spiro atoms. The first-order valence-electron chi connectivity index (χ1n) is 7.87. The van der Waals surface area contributed by atoms with Crippen molar-refractivity contribution in [2.45, 2.75) is 18.9 Å². The second-order valence-electron chi connectivity index (χ2n) is 5.49. The average molecular weight is 328 g/mol. The summed E-state index contributed by atoms with van der Waals surface area (Å²) in [5, 5.41) is 5.94. The molecule has 7 heteroatoms. The van der Waals surface area contributed by atoms with Gasteiger partial charge in [0.25, 0.3) is 5.91 Å². The summed E-state index contributed by atoms with van der Waals surface area (Å²) in [7, 11) is 1.61. The van der Waals surface area contributed by atoms with Crippen LogP contribution in [0.5, 0.6) is 5.75 Å². The van der Waals surface area contributed by atoms with Crippen LogP contribution in [0.2, 0.25) is 0 Å². The maximum absolute atomic E-state index is 12.0. The molecule has 2 N–H and O–H groups in total. The van der Waals surface area contributed by atoms with Gasteiger partial charge in [-0.3, -0.25) is 4.79 Å². The van der Waals surface area contributed by atoms with Crippen molar-refractivity contribution in [1.29, 1.82) is 0 Å². The molecule has 1 fully saturated rings. The summed E-state index contributed by atoms with van der Waals surface area (Å²) in [5.74, 6) is 1.06. The van der Waals surface area contributed by atoms with Crippen molar-refractivity contribution in [1.82, 2.24) is 15.3 Å². The zero-order valence-corrected chi connectivity index (χ0v) is 13.5. The first kappa shape index (κ1) is 16.2. The van der Waals surface area contributed by atoms with E-state index < -0.39 is 0 Å². The van der Waals surface area contributed by atoms with Crippen molar-refractivity contribution in [2.75, 3.05) is 25.6 Å². The van der Waals surface area contributed by atoms with Crippen molar-refractivity contribution < 1.29 is 14.3 Å². The molecule has 1 aliphatic rings. The van der Waals surface area contributed by atoms with Gasteiger partial charge in [0.1, 0.15) is 17.3 Å². The number of nitrogens with zero attached hydrogens (tertiary/aromatic N) is 2. The summed E-state index contributed by atoms with van der Waals surface area (Å²) < 4.78 is 10.6. The van der Waals surface area contributed by atoms with Crippen LogP contribution < -0.4 is 15.4 Å². The van der Waals surface area contributed by atoms with E-state index in [1.807, 2.05) is 24.3 Å². The van der Waals surface area contributed by atoms with Gasteiger partial charge in [-0.25, -0.2) is 9.97 Å². The number of anilines is 2. The number of amides is 1. The molecule has 126 valence electrons. The molecule has 3 rings (SSSR count). The molecule has 1 unspecified atom stereocenters. The highest BCUT2D eigenvalue weighted by molar-refractivity contribution is 5.92. The van der Waals surface area contributed by atoms with Crippen LogP contribution in [0.4, 0.5) is 11.5 Å². The van der Waals surface area contributed by atoms with E-state index in [2.05, 4.69) is 20.6 Å². The molecule has 1 aromatic heterocycles. The lowest BCUT2D eigenvalue weighted by molar-refractivity contribution is 0.0853. The van der Waals surface area contributed by atoms with Crippen molar-refractivity contribution in [3.8, 4) is 5.75 Å². The minimum atomic E-state index is -0.245. The lowest BCUT2D eigenvalue weighted by Gasteiger charge is -2.10. The third kappa shape index (κ3) is 4.20. The SMILES string of the molecule is COc1cccc(Nc2cnc(C(=O)NCC3CCCO3)cn2)c1. The zero-order valence-electron chi connectivity index (χ0n) is 13.5. The molecule has 1 amide bonds. The van der Waals surface area contributed by atoms with Gasteiger partial charge in [0.15, 0.2) is 0 Å². The predicted molar refractivity (Wildman–Crippen MR) is 89.6 cm³/mol. The quantitative estimate of drug-likeness (QED) is 0.845. The molecule has 0 radical (unpaired) electrons. The predicted octanol–water partition coefficient (Wildman–Crippen LogP) is 2.14. The van der Waals surface area contributed by atoms with E-state index in [4.69, 9.17) is 9.47 Å². The number of benzene rings is 1. The third-order valence-corrected chi connectivity index (χ3v) is 3.74. The number of hydrogen-bond acceptors (Lipinski definition) is 6. The molecule has 7 nitrogen and oxygen atoms in total. The Kier molecular flexibility index (Phi) is 5.22. The van der Waals surface area contributed by atoms with Gasteiger partial charge in [-0.05, 0) is 25.0 Å². The Morgan fingerprint density at radius 2 is 2.29 bits per heavy atom. The Morgan fingerprint density at radius 3 is 3.00 bits per heavy atom. The zero-order chi connectivity index (χ0) is 16.8. The molecule has 1 aromatic carbocycles. The Morgan fingerprint density at radius 1 is 1.38 bits per heavy atom. The van der Waals surface area contributed by atoms with Gasteiger partial charge >= 0.3 is 0 Å². The lowest BCUT2D eigenvalue weighted by Crippen LogP contribution is -2.32. The molecule has 24 heavy (non-hydrogen) atoms. The summed E-state index contributed by atoms with van der Waals surface area (Å²) >= 11 is 0. The van der Waals surface area contributed by atoms with E-state index in [0.29, 0.717) is 12.4 Å². The van der Waals surface area contributed by atoms with Crippen molar-refractivity contribution >= 4 is 17.4 Å². The van der Waals surface area contributed by atoms with Crippen LogP contribution in [0.15, 0.2) is 36.7 Å². The van der Waals surface area contributed by atoms with Gasteiger partial charge in [-0.15, -0.1) is 0 Å². The van der Waals surface area contributed by atoms with E-state index in [1.54, 1.807) is 7.11 Å². The maximum Gasteiger partial charge on any atom is 0.271 e. The Balaban J connectivity index is 1.56. The van der Waals surface area contributed by atoms with E-state index in [9.17, 15) is 4.79 Å². The fourth-order valence-corrected chi connectivity index (χ4v) is 2.46. The minimum absolute atomic E-state index is 0.107. The highest BCUT2D eigenvalue weighted by Crippen LogP contribution is 2.19. The summed E-state index contributed by atoms with van der Waals surface area (Å²) in [6.07, 6.45) is 5.12. The average Bonchev–Trinajstić information content (AvgIpc) is 3.14. The van der Waals surface area contributed by atoms with Crippen LogP contribution in [0.3, 0.4) is 0 Å².